The van der Waals surface area contributed by atoms with Crippen LogP contribution in [0.25, 0.3) is 0 Å². The molecule has 2 rings (SSSR count). The number of fused-ring (bicyclic) bond motifs is 1. The van der Waals surface area contributed by atoms with Crippen molar-refractivity contribution in [1.82, 2.24) is 0 Å². The molecule has 1 aliphatic heterocycles. The predicted molar refractivity (Wildman–Crippen MR) is 72.0 cm³/mol. The number of nitro benzene ring substituents is 1. The third kappa shape index (κ3) is 2.43. The van der Waals surface area contributed by atoms with Gasteiger partial charge >= 0.3 is 0 Å². The Morgan fingerprint density at radius 1 is 1.58 bits per heavy atom. The highest BCUT2D eigenvalue weighted by Crippen LogP contribution is 2.40. The molecule has 1 unspecified atom stereocenters. The van der Waals surface area contributed by atoms with E-state index in [2.05, 4.69) is 21.2 Å². The van der Waals surface area contributed by atoms with E-state index in [0.29, 0.717) is 16.6 Å². The number of nitro groups is 1. The summed E-state index contributed by atoms with van der Waals surface area (Å²) >= 11 is 3.17. The van der Waals surface area contributed by atoms with Gasteiger partial charge in [0.25, 0.3) is 5.69 Å². The van der Waals surface area contributed by atoms with Gasteiger partial charge in [-0.2, -0.15) is 0 Å². The zero-order valence-corrected chi connectivity index (χ0v) is 11.5. The number of benzene rings is 1. The summed E-state index contributed by atoms with van der Waals surface area (Å²) in [5.74, 6) is -0.358. The molecular formula is C11H10BrN3O4. The molecule has 19 heavy (non-hydrogen) atoms. The zero-order chi connectivity index (χ0) is 14.2. The predicted octanol–water partition coefficient (Wildman–Crippen LogP) is 2.05. The van der Waals surface area contributed by atoms with Crippen molar-refractivity contribution in [3.8, 4) is 0 Å². The van der Waals surface area contributed by atoms with E-state index in [1.165, 1.54) is 11.0 Å². The van der Waals surface area contributed by atoms with Gasteiger partial charge in [0.1, 0.15) is 5.69 Å². The molecule has 100 valence electrons. The Morgan fingerprint density at radius 3 is 2.84 bits per heavy atom. The van der Waals surface area contributed by atoms with Gasteiger partial charge in [0.2, 0.25) is 12.3 Å². The molecule has 0 spiro atoms. The van der Waals surface area contributed by atoms with Crippen LogP contribution in [0.1, 0.15) is 13.3 Å². The molecule has 1 heterocycles. The van der Waals surface area contributed by atoms with Crippen LogP contribution < -0.4 is 10.2 Å². The molecule has 1 aromatic rings. The van der Waals surface area contributed by atoms with E-state index in [1.54, 1.807) is 13.0 Å². The van der Waals surface area contributed by atoms with Gasteiger partial charge in [-0.1, -0.05) is 15.9 Å². The number of carbonyl (C=O) groups is 2. The fourth-order valence-electron chi connectivity index (χ4n) is 2.01. The molecule has 0 saturated heterocycles. The Hall–Kier alpha value is -1.96. The van der Waals surface area contributed by atoms with Crippen molar-refractivity contribution in [2.24, 2.45) is 0 Å². The maximum atomic E-state index is 11.7. The minimum Gasteiger partial charge on any atom is -0.319 e. The number of nitrogens with zero attached hydrogens (tertiary/aromatic N) is 2. The van der Waals surface area contributed by atoms with Crippen LogP contribution in [-0.4, -0.2) is 23.3 Å². The van der Waals surface area contributed by atoms with Gasteiger partial charge in [0.05, 0.1) is 10.6 Å². The van der Waals surface area contributed by atoms with Crippen molar-refractivity contribution in [1.29, 1.82) is 0 Å². The van der Waals surface area contributed by atoms with Gasteiger partial charge < -0.3 is 10.2 Å². The third-order valence-corrected chi connectivity index (χ3v) is 3.33. The summed E-state index contributed by atoms with van der Waals surface area (Å²) in [4.78, 5) is 34.6. The van der Waals surface area contributed by atoms with E-state index < -0.39 is 4.92 Å². The maximum Gasteiger partial charge on any atom is 0.296 e. The van der Waals surface area contributed by atoms with Crippen LogP contribution in [0.2, 0.25) is 0 Å². The van der Waals surface area contributed by atoms with Gasteiger partial charge in [-0.25, -0.2) is 0 Å². The molecular weight excluding hydrogens is 318 g/mol. The van der Waals surface area contributed by atoms with Gasteiger partial charge in [0.15, 0.2) is 0 Å². The average molecular weight is 328 g/mol. The third-order valence-electron chi connectivity index (χ3n) is 2.87. The summed E-state index contributed by atoms with van der Waals surface area (Å²) in [6.07, 6.45) is 0.655. The molecule has 7 nitrogen and oxygen atoms in total. The summed E-state index contributed by atoms with van der Waals surface area (Å²) in [6.45, 7) is 1.70. The monoisotopic (exact) mass is 327 g/mol. The van der Waals surface area contributed by atoms with E-state index in [1.807, 2.05) is 0 Å². The highest BCUT2D eigenvalue weighted by atomic mass is 79.9. The Balaban J connectivity index is 2.71. The van der Waals surface area contributed by atoms with E-state index in [9.17, 15) is 19.7 Å². The van der Waals surface area contributed by atoms with Crippen molar-refractivity contribution in [3.63, 3.8) is 0 Å². The summed E-state index contributed by atoms with van der Waals surface area (Å²) in [7, 11) is 0. The number of anilines is 2. The molecule has 0 radical (unpaired) electrons. The lowest BCUT2D eigenvalue weighted by Gasteiger charge is -2.22. The molecule has 0 aromatic heterocycles. The molecule has 1 atom stereocenters. The van der Waals surface area contributed by atoms with Crippen LogP contribution in [0, 0.1) is 10.1 Å². The van der Waals surface area contributed by atoms with Gasteiger partial charge in [-0.05, 0) is 13.0 Å². The van der Waals surface area contributed by atoms with E-state index >= 15 is 0 Å². The van der Waals surface area contributed by atoms with Crippen molar-refractivity contribution >= 4 is 45.3 Å². The van der Waals surface area contributed by atoms with E-state index in [4.69, 9.17) is 0 Å². The lowest BCUT2D eigenvalue weighted by atomic mass is 10.2. The van der Waals surface area contributed by atoms with E-state index in [0.717, 1.165) is 0 Å². The van der Waals surface area contributed by atoms with Crippen LogP contribution in [0.3, 0.4) is 0 Å². The lowest BCUT2D eigenvalue weighted by molar-refractivity contribution is -0.383. The van der Waals surface area contributed by atoms with Crippen molar-refractivity contribution in [2.45, 2.75) is 19.4 Å². The van der Waals surface area contributed by atoms with Gasteiger partial charge in [0, 0.05) is 23.0 Å². The highest BCUT2D eigenvalue weighted by molar-refractivity contribution is 9.10. The molecule has 2 amide bonds. The van der Waals surface area contributed by atoms with Crippen molar-refractivity contribution in [3.05, 3.63) is 26.7 Å². The first-order chi connectivity index (χ1) is 8.93. The molecule has 0 saturated carbocycles. The second kappa shape index (κ2) is 4.96. The zero-order valence-electron chi connectivity index (χ0n) is 9.92. The molecule has 0 bridgehead atoms. The number of hydrogen-bond acceptors (Lipinski definition) is 4. The number of nitrogens with one attached hydrogen (secondary N) is 1. The first-order valence-electron chi connectivity index (χ1n) is 5.45. The first kappa shape index (κ1) is 13.5. The fourth-order valence-corrected chi connectivity index (χ4v) is 2.44. The van der Waals surface area contributed by atoms with Crippen LogP contribution >= 0.6 is 15.9 Å². The minimum absolute atomic E-state index is 0.0506. The first-order valence-corrected chi connectivity index (χ1v) is 6.24. The molecule has 8 heteroatoms. The molecule has 1 aromatic carbocycles. The fraction of sp³-hybridized carbons (Fsp3) is 0.273. The number of carbonyl (C=O) groups excluding carboxylic acids is 2. The highest BCUT2D eigenvalue weighted by Gasteiger charge is 2.30. The van der Waals surface area contributed by atoms with E-state index in [-0.39, 0.29) is 29.7 Å². The standard InChI is InChI=1S/C11H10BrN3O4/c1-6-2-10(17)13-11-8(14(6)5-16)3-7(12)4-9(11)15(18)19/h3-6H,2H2,1H3,(H,13,17). The largest absolute Gasteiger partial charge is 0.319 e. The maximum absolute atomic E-state index is 11.7. The molecule has 0 fully saturated rings. The quantitative estimate of drug-likeness (QED) is 0.511. The molecule has 1 aliphatic rings. The normalized spacial score (nSPS) is 18.3. The summed E-state index contributed by atoms with van der Waals surface area (Å²) in [5.41, 5.74) is 0.114. The number of hydrogen-bond donors (Lipinski definition) is 1. The van der Waals surface area contributed by atoms with Crippen molar-refractivity contribution in [2.75, 3.05) is 10.2 Å². The summed E-state index contributed by atoms with van der Waals surface area (Å²) in [6, 6.07) is 2.49. The lowest BCUT2D eigenvalue weighted by Crippen LogP contribution is -2.32. The number of rotatable bonds is 2. The van der Waals surface area contributed by atoms with Crippen LogP contribution in [0.5, 0.6) is 0 Å². The van der Waals surface area contributed by atoms with Crippen LogP contribution in [-0.2, 0) is 9.59 Å². The van der Waals surface area contributed by atoms with Gasteiger partial charge in [-0.3, -0.25) is 19.7 Å². The Morgan fingerprint density at radius 2 is 2.26 bits per heavy atom. The van der Waals surface area contributed by atoms with Gasteiger partial charge in [-0.15, -0.1) is 0 Å². The number of amides is 2. The smallest absolute Gasteiger partial charge is 0.296 e. The van der Waals surface area contributed by atoms with Crippen LogP contribution in [0.4, 0.5) is 17.1 Å². The molecule has 1 N–H and O–H groups in total. The average Bonchev–Trinajstić information content (AvgIpc) is 2.43. The second-order valence-electron chi connectivity index (χ2n) is 4.19. The van der Waals surface area contributed by atoms with Crippen molar-refractivity contribution < 1.29 is 14.5 Å². The Labute approximate surface area is 116 Å². The Kier molecular flexibility index (Phi) is 3.52. The minimum atomic E-state index is -0.594. The summed E-state index contributed by atoms with van der Waals surface area (Å²) in [5, 5.41) is 13.5. The molecule has 0 aliphatic carbocycles. The number of halogens is 1. The van der Waals surface area contributed by atoms with Crippen LogP contribution in [0.15, 0.2) is 16.6 Å². The SMILES string of the molecule is CC1CC(=O)Nc2c(cc(Br)cc2[N+](=O)[O-])N1C=O. The second-order valence-corrected chi connectivity index (χ2v) is 5.11. The summed E-state index contributed by atoms with van der Waals surface area (Å²) < 4.78 is 0.466. The Bertz CT molecular complexity index is 575. The topological polar surface area (TPSA) is 92.5 Å².